The van der Waals surface area contributed by atoms with Gasteiger partial charge in [0, 0.05) is 12.1 Å². The topological polar surface area (TPSA) is 55.1 Å². The second kappa shape index (κ2) is 6.30. The van der Waals surface area contributed by atoms with Crippen molar-refractivity contribution >= 4 is 34.8 Å². The number of nitrogens with one attached hydrogen (secondary N) is 1. The molecule has 3 nitrogen and oxygen atoms in total. The number of carbonyl (C=O) groups is 1. The van der Waals surface area contributed by atoms with Crippen LogP contribution in [0.25, 0.3) is 0 Å². The zero-order chi connectivity index (χ0) is 13.9. The Morgan fingerprint density at radius 2 is 1.94 bits per heavy atom. The fourth-order valence-corrected chi connectivity index (χ4v) is 1.67. The third-order valence-corrected chi connectivity index (χ3v) is 3.86. The molecule has 5 heteroatoms. The number of hydrogen-bond acceptors (Lipinski definition) is 2. The molecule has 1 unspecified atom stereocenters. The number of carbonyl (C=O) groups excluding carboxylic acids is 1. The van der Waals surface area contributed by atoms with Gasteiger partial charge in [0.1, 0.15) is 0 Å². The second-order valence-electron chi connectivity index (χ2n) is 4.79. The standard InChI is InChI=1S/C13H18Cl2N2O/c1-7(2)8(3)6-17-13(18)9-4-10(14)12(15)11(16)5-9/h4-5,7-8H,6,16H2,1-3H3,(H,17,18). The lowest BCUT2D eigenvalue weighted by atomic mass is 9.98. The Labute approximate surface area is 118 Å². The monoisotopic (exact) mass is 288 g/mol. The molecule has 3 N–H and O–H groups in total. The third-order valence-electron chi connectivity index (χ3n) is 3.04. The van der Waals surface area contributed by atoms with E-state index < -0.39 is 0 Å². The summed E-state index contributed by atoms with van der Waals surface area (Å²) in [6, 6.07) is 3.05. The van der Waals surface area contributed by atoms with E-state index >= 15 is 0 Å². The average Bonchev–Trinajstić information content (AvgIpc) is 2.31. The van der Waals surface area contributed by atoms with Crippen molar-refractivity contribution in [2.24, 2.45) is 11.8 Å². The van der Waals surface area contributed by atoms with E-state index in [0.717, 1.165) is 0 Å². The summed E-state index contributed by atoms with van der Waals surface area (Å²) >= 11 is 11.7. The van der Waals surface area contributed by atoms with Gasteiger partial charge in [0.25, 0.3) is 5.91 Å². The molecule has 0 spiro atoms. The molecule has 1 rings (SSSR count). The number of anilines is 1. The Kier molecular flexibility index (Phi) is 5.29. The van der Waals surface area contributed by atoms with Gasteiger partial charge in [-0.2, -0.15) is 0 Å². The van der Waals surface area contributed by atoms with Crippen LogP contribution < -0.4 is 11.1 Å². The Bertz CT molecular complexity index is 424. The molecule has 1 atom stereocenters. The van der Waals surface area contributed by atoms with E-state index in [2.05, 4.69) is 26.1 Å². The van der Waals surface area contributed by atoms with Gasteiger partial charge in [-0.05, 0) is 24.0 Å². The highest BCUT2D eigenvalue weighted by atomic mass is 35.5. The van der Waals surface area contributed by atoms with Crippen LogP contribution in [-0.2, 0) is 0 Å². The van der Waals surface area contributed by atoms with Crippen molar-refractivity contribution in [1.82, 2.24) is 5.32 Å². The van der Waals surface area contributed by atoms with E-state index in [0.29, 0.717) is 34.7 Å². The van der Waals surface area contributed by atoms with Crippen LogP contribution in [0.1, 0.15) is 31.1 Å². The largest absolute Gasteiger partial charge is 0.397 e. The van der Waals surface area contributed by atoms with Crippen molar-refractivity contribution in [3.63, 3.8) is 0 Å². The van der Waals surface area contributed by atoms with Crippen LogP contribution in [0.4, 0.5) is 5.69 Å². The van der Waals surface area contributed by atoms with Gasteiger partial charge in [-0.3, -0.25) is 4.79 Å². The number of benzene rings is 1. The summed E-state index contributed by atoms with van der Waals surface area (Å²) in [6.45, 7) is 6.95. The van der Waals surface area contributed by atoms with E-state index in [1.807, 2.05) is 0 Å². The third kappa shape index (κ3) is 3.79. The van der Waals surface area contributed by atoms with E-state index in [9.17, 15) is 4.79 Å². The summed E-state index contributed by atoms with van der Waals surface area (Å²) in [6.07, 6.45) is 0. The highest BCUT2D eigenvalue weighted by molar-refractivity contribution is 6.43. The maximum Gasteiger partial charge on any atom is 0.251 e. The number of nitrogens with two attached hydrogens (primary N) is 1. The maximum absolute atomic E-state index is 11.9. The fourth-order valence-electron chi connectivity index (χ4n) is 1.33. The van der Waals surface area contributed by atoms with Gasteiger partial charge in [-0.15, -0.1) is 0 Å². The van der Waals surface area contributed by atoms with Gasteiger partial charge in [0.05, 0.1) is 15.7 Å². The molecular weight excluding hydrogens is 271 g/mol. The summed E-state index contributed by atoms with van der Waals surface area (Å²) in [5.74, 6) is 0.742. The first-order valence-corrected chi connectivity index (χ1v) is 6.61. The van der Waals surface area contributed by atoms with Gasteiger partial charge < -0.3 is 11.1 Å². The highest BCUT2D eigenvalue weighted by Gasteiger charge is 2.13. The van der Waals surface area contributed by atoms with Crippen molar-refractivity contribution in [3.05, 3.63) is 27.7 Å². The second-order valence-corrected chi connectivity index (χ2v) is 5.58. The summed E-state index contributed by atoms with van der Waals surface area (Å²) in [7, 11) is 0. The van der Waals surface area contributed by atoms with E-state index in [-0.39, 0.29) is 10.9 Å². The van der Waals surface area contributed by atoms with E-state index in [1.54, 1.807) is 0 Å². The molecule has 0 heterocycles. The molecule has 0 aliphatic heterocycles. The molecule has 1 aromatic rings. The zero-order valence-corrected chi connectivity index (χ0v) is 12.3. The quantitative estimate of drug-likeness (QED) is 0.832. The molecule has 0 saturated heterocycles. The molecule has 1 amide bonds. The number of rotatable bonds is 4. The van der Waals surface area contributed by atoms with Gasteiger partial charge in [-0.1, -0.05) is 44.0 Å². The molecule has 0 saturated carbocycles. The van der Waals surface area contributed by atoms with Crippen LogP contribution in [0.5, 0.6) is 0 Å². The summed E-state index contributed by atoms with van der Waals surface area (Å²) in [5, 5.41) is 3.43. The van der Waals surface area contributed by atoms with Gasteiger partial charge in [-0.25, -0.2) is 0 Å². The molecule has 100 valence electrons. The van der Waals surface area contributed by atoms with Crippen LogP contribution in [0, 0.1) is 11.8 Å². The van der Waals surface area contributed by atoms with Crippen molar-refractivity contribution in [1.29, 1.82) is 0 Å². The molecule has 0 bridgehead atoms. The normalized spacial score (nSPS) is 12.6. The lowest BCUT2D eigenvalue weighted by Gasteiger charge is -2.16. The Morgan fingerprint density at radius 1 is 1.33 bits per heavy atom. The summed E-state index contributed by atoms with van der Waals surface area (Å²) in [4.78, 5) is 11.9. The molecular formula is C13H18Cl2N2O. The Balaban J connectivity index is 2.73. The summed E-state index contributed by atoms with van der Waals surface area (Å²) < 4.78 is 0. The molecule has 0 radical (unpaired) electrons. The summed E-state index contributed by atoms with van der Waals surface area (Å²) in [5.41, 5.74) is 6.41. The van der Waals surface area contributed by atoms with Gasteiger partial charge >= 0.3 is 0 Å². The smallest absolute Gasteiger partial charge is 0.251 e. The first kappa shape index (κ1) is 15.1. The van der Waals surface area contributed by atoms with Crippen LogP contribution in [0.3, 0.4) is 0 Å². The molecule has 0 aliphatic rings. The predicted molar refractivity (Wildman–Crippen MR) is 77.2 cm³/mol. The van der Waals surface area contributed by atoms with Crippen molar-refractivity contribution in [2.75, 3.05) is 12.3 Å². The Hall–Kier alpha value is -0.930. The van der Waals surface area contributed by atoms with Gasteiger partial charge in [0.2, 0.25) is 0 Å². The fraction of sp³-hybridized carbons (Fsp3) is 0.462. The number of halogens is 2. The molecule has 0 aromatic heterocycles. The van der Waals surface area contributed by atoms with Crippen LogP contribution >= 0.6 is 23.2 Å². The first-order chi connectivity index (χ1) is 8.32. The highest BCUT2D eigenvalue weighted by Crippen LogP contribution is 2.29. The van der Waals surface area contributed by atoms with Crippen LogP contribution in [0.2, 0.25) is 10.0 Å². The number of hydrogen-bond donors (Lipinski definition) is 2. The van der Waals surface area contributed by atoms with E-state index in [1.165, 1.54) is 12.1 Å². The minimum Gasteiger partial charge on any atom is -0.397 e. The SMILES string of the molecule is CC(C)C(C)CNC(=O)c1cc(N)c(Cl)c(Cl)c1. The minimum absolute atomic E-state index is 0.187. The van der Waals surface area contributed by atoms with Crippen molar-refractivity contribution in [3.8, 4) is 0 Å². The van der Waals surface area contributed by atoms with Gasteiger partial charge in [0.15, 0.2) is 0 Å². The minimum atomic E-state index is -0.187. The molecule has 0 aliphatic carbocycles. The molecule has 1 aromatic carbocycles. The first-order valence-electron chi connectivity index (χ1n) is 5.85. The lowest BCUT2D eigenvalue weighted by molar-refractivity contribution is 0.0945. The molecule has 18 heavy (non-hydrogen) atoms. The van der Waals surface area contributed by atoms with Crippen LogP contribution in [0.15, 0.2) is 12.1 Å². The van der Waals surface area contributed by atoms with E-state index in [4.69, 9.17) is 28.9 Å². The predicted octanol–water partition coefficient (Wildman–Crippen LogP) is 3.60. The lowest BCUT2D eigenvalue weighted by Crippen LogP contribution is -2.30. The number of nitrogen functional groups attached to an aromatic ring is 1. The van der Waals surface area contributed by atoms with Crippen LogP contribution in [-0.4, -0.2) is 12.5 Å². The molecule has 0 fully saturated rings. The number of amides is 1. The van der Waals surface area contributed by atoms with Crippen molar-refractivity contribution in [2.45, 2.75) is 20.8 Å². The Morgan fingerprint density at radius 3 is 2.44 bits per heavy atom. The maximum atomic E-state index is 11.9. The average molecular weight is 289 g/mol. The zero-order valence-electron chi connectivity index (χ0n) is 10.8. The van der Waals surface area contributed by atoms with Crippen molar-refractivity contribution < 1.29 is 4.79 Å².